The number of nitrogens with one attached hydrogen (secondary N) is 1. The van der Waals surface area contributed by atoms with E-state index in [1.54, 1.807) is 7.11 Å². The van der Waals surface area contributed by atoms with Gasteiger partial charge in [-0.25, -0.2) is 0 Å². The molecule has 14 heavy (non-hydrogen) atoms. The maximum absolute atomic E-state index is 11.5. The Labute approximate surface area is 86.2 Å². The molecular weight excluding hydrogens is 180 g/mol. The van der Waals surface area contributed by atoms with Gasteiger partial charge in [-0.3, -0.25) is 4.79 Å². The fourth-order valence-corrected chi connectivity index (χ4v) is 0.958. The summed E-state index contributed by atoms with van der Waals surface area (Å²) in [6.45, 7) is 6.41. The fraction of sp³-hybridized carbons (Fsp3) is 0.900. The second-order valence-electron chi connectivity index (χ2n) is 3.70. The molecule has 0 heterocycles. The second kappa shape index (κ2) is 6.79. The Morgan fingerprint density at radius 2 is 2.07 bits per heavy atom. The summed E-state index contributed by atoms with van der Waals surface area (Å²) in [6, 6.07) is -0.413. The molecular formula is C10H22N2O2. The predicted octanol–water partition coefficient (Wildman–Crippen LogP) is 0.511. The normalized spacial score (nSPS) is 17.2. The highest BCUT2D eigenvalue weighted by atomic mass is 16.5. The molecule has 84 valence electrons. The number of carbonyl (C=O) groups is 1. The maximum atomic E-state index is 11.5. The Balaban J connectivity index is 3.84. The summed E-state index contributed by atoms with van der Waals surface area (Å²) >= 11 is 0. The molecule has 0 fully saturated rings. The molecule has 0 aliphatic heterocycles. The minimum Gasteiger partial charge on any atom is -0.380 e. The van der Waals surface area contributed by atoms with Crippen molar-refractivity contribution in [3.05, 3.63) is 0 Å². The van der Waals surface area contributed by atoms with Gasteiger partial charge < -0.3 is 15.8 Å². The first-order chi connectivity index (χ1) is 6.52. The van der Waals surface area contributed by atoms with Crippen molar-refractivity contribution >= 4 is 5.91 Å². The molecule has 4 heteroatoms. The number of amides is 1. The number of hydrogen-bond acceptors (Lipinski definition) is 3. The van der Waals surface area contributed by atoms with Gasteiger partial charge in [-0.05, 0) is 12.8 Å². The average molecular weight is 202 g/mol. The molecule has 0 aromatic heterocycles. The fourth-order valence-electron chi connectivity index (χ4n) is 0.958. The van der Waals surface area contributed by atoms with Gasteiger partial charge in [-0.1, -0.05) is 20.3 Å². The highest BCUT2D eigenvalue weighted by Crippen LogP contribution is 2.04. The van der Waals surface area contributed by atoms with E-state index in [1.807, 2.05) is 20.8 Å². The Morgan fingerprint density at radius 1 is 1.50 bits per heavy atom. The van der Waals surface area contributed by atoms with E-state index in [-0.39, 0.29) is 17.9 Å². The minimum absolute atomic E-state index is 0.0306. The molecule has 1 unspecified atom stereocenters. The van der Waals surface area contributed by atoms with Crippen LogP contribution in [0.1, 0.15) is 27.2 Å². The smallest absolute Gasteiger partial charge is 0.237 e. The van der Waals surface area contributed by atoms with E-state index < -0.39 is 6.04 Å². The minimum atomic E-state index is -0.413. The topological polar surface area (TPSA) is 64.4 Å². The molecule has 0 saturated carbocycles. The Hall–Kier alpha value is -0.610. The number of rotatable bonds is 6. The quantitative estimate of drug-likeness (QED) is 0.659. The van der Waals surface area contributed by atoms with E-state index in [1.165, 1.54) is 0 Å². The zero-order valence-electron chi connectivity index (χ0n) is 9.54. The van der Waals surface area contributed by atoms with Crippen molar-refractivity contribution in [1.82, 2.24) is 5.32 Å². The van der Waals surface area contributed by atoms with E-state index in [0.29, 0.717) is 6.54 Å². The third-order valence-electron chi connectivity index (χ3n) is 2.53. The largest absolute Gasteiger partial charge is 0.380 e. The number of hydrogen-bond donors (Lipinski definition) is 2. The van der Waals surface area contributed by atoms with E-state index >= 15 is 0 Å². The van der Waals surface area contributed by atoms with Gasteiger partial charge in [0.2, 0.25) is 5.91 Å². The summed E-state index contributed by atoms with van der Waals surface area (Å²) in [7, 11) is 1.62. The van der Waals surface area contributed by atoms with E-state index in [4.69, 9.17) is 10.5 Å². The molecule has 0 spiro atoms. The zero-order chi connectivity index (χ0) is 11.1. The predicted molar refractivity (Wildman–Crippen MR) is 56.9 cm³/mol. The summed E-state index contributed by atoms with van der Waals surface area (Å²) in [5.41, 5.74) is 5.75. The molecule has 0 bridgehead atoms. The maximum Gasteiger partial charge on any atom is 0.237 e. The summed E-state index contributed by atoms with van der Waals surface area (Å²) in [6.07, 6.45) is 0.942. The Bertz CT molecular complexity index is 174. The molecule has 3 N–H and O–H groups in total. The molecule has 0 aliphatic carbocycles. The van der Waals surface area contributed by atoms with Crippen LogP contribution in [0.4, 0.5) is 0 Å². The third kappa shape index (κ3) is 4.58. The van der Waals surface area contributed by atoms with Crippen molar-refractivity contribution in [2.45, 2.75) is 39.3 Å². The zero-order valence-corrected chi connectivity index (χ0v) is 9.54. The standard InChI is InChI=1S/C10H22N2O2/c1-5-7(2)9(11)10(13)12-6-8(3)14-4/h7-9H,5-6,11H2,1-4H3,(H,12,13)/t7-,8?,9-/m0/s1. The molecule has 0 aromatic carbocycles. The van der Waals surface area contributed by atoms with Crippen molar-refractivity contribution in [3.63, 3.8) is 0 Å². The molecule has 0 aliphatic rings. The lowest BCUT2D eigenvalue weighted by molar-refractivity contribution is -0.123. The third-order valence-corrected chi connectivity index (χ3v) is 2.53. The summed E-state index contributed by atoms with van der Waals surface area (Å²) in [4.78, 5) is 11.5. The van der Waals surface area contributed by atoms with Crippen LogP contribution in [-0.4, -0.2) is 31.7 Å². The van der Waals surface area contributed by atoms with Gasteiger partial charge in [-0.15, -0.1) is 0 Å². The highest BCUT2D eigenvalue weighted by Gasteiger charge is 2.19. The van der Waals surface area contributed by atoms with Crippen molar-refractivity contribution in [1.29, 1.82) is 0 Å². The van der Waals surface area contributed by atoms with Crippen molar-refractivity contribution in [2.24, 2.45) is 11.7 Å². The first-order valence-corrected chi connectivity index (χ1v) is 5.09. The molecule has 0 aromatic rings. The van der Waals surface area contributed by atoms with E-state index in [9.17, 15) is 4.79 Å². The first-order valence-electron chi connectivity index (χ1n) is 5.09. The van der Waals surface area contributed by atoms with Crippen molar-refractivity contribution in [3.8, 4) is 0 Å². The number of ether oxygens (including phenoxy) is 1. The van der Waals surface area contributed by atoms with Crippen LogP contribution in [0.15, 0.2) is 0 Å². The number of methoxy groups -OCH3 is 1. The van der Waals surface area contributed by atoms with Crippen LogP contribution >= 0.6 is 0 Å². The Morgan fingerprint density at radius 3 is 2.50 bits per heavy atom. The lowest BCUT2D eigenvalue weighted by atomic mass is 9.99. The van der Waals surface area contributed by atoms with Gasteiger partial charge in [0.15, 0.2) is 0 Å². The van der Waals surface area contributed by atoms with E-state index in [0.717, 1.165) is 6.42 Å². The van der Waals surface area contributed by atoms with Gasteiger partial charge in [0.1, 0.15) is 0 Å². The van der Waals surface area contributed by atoms with Gasteiger partial charge >= 0.3 is 0 Å². The second-order valence-corrected chi connectivity index (χ2v) is 3.70. The molecule has 3 atom stereocenters. The van der Waals surface area contributed by atoms with Crippen LogP contribution in [0, 0.1) is 5.92 Å². The number of carbonyl (C=O) groups excluding carboxylic acids is 1. The van der Waals surface area contributed by atoms with E-state index in [2.05, 4.69) is 5.32 Å². The molecule has 1 amide bonds. The van der Waals surface area contributed by atoms with Gasteiger partial charge in [0.25, 0.3) is 0 Å². The molecule has 4 nitrogen and oxygen atoms in total. The number of nitrogens with two attached hydrogens (primary N) is 1. The van der Waals surface area contributed by atoms with Gasteiger partial charge in [0.05, 0.1) is 12.1 Å². The van der Waals surface area contributed by atoms with Crippen LogP contribution < -0.4 is 11.1 Å². The summed E-state index contributed by atoms with van der Waals surface area (Å²) in [5, 5.41) is 2.76. The molecule has 0 radical (unpaired) electrons. The van der Waals surface area contributed by atoms with Crippen LogP contribution in [0.3, 0.4) is 0 Å². The molecule has 0 rings (SSSR count). The van der Waals surface area contributed by atoms with Crippen molar-refractivity contribution in [2.75, 3.05) is 13.7 Å². The lowest BCUT2D eigenvalue weighted by Gasteiger charge is -2.19. The SMILES string of the molecule is CC[C@H](C)[C@H](N)C(=O)NCC(C)OC. The van der Waals surface area contributed by atoms with Crippen LogP contribution in [0.25, 0.3) is 0 Å². The summed E-state index contributed by atoms with van der Waals surface area (Å²) in [5.74, 6) is 0.121. The van der Waals surface area contributed by atoms with Gasteiger partial charge in [0, 0.05) is 13.7 Å². The average Bonchev–Trinajstić information content (AvgIpc) is 2.22. The summed E-state index contributed by atoms with van der Waals surface area (Å²) < 4.78 is 5.01. The van der Waals surface area contributed by atoms with Crippen LogP contribution in [0.5, 0.6) is 0 Å². The van der Waals surface area contributed by atoms with Crippen molar-refractivity contribution < 1.29 is 9.53 Å². The molecule has 0 saturated heterocycles. The van der Waals surface area contributed by atoms with Gasteiger partial charge in [-0.2, -0.15) is 0 Å². The first kappa shape index (κ1) is 13.4. The highest BCUT2D eigenvalue weighted by molar-refractivity contribution is 5.81. The van der Waals surface area contributed by atoms with Crippen LogP contribution in [0.2, 0.25) is 0 Å². The lowest BCUT2D eigenvalue weighted by Crippen LogP contribution is -2.46. The van der Waals surface area contributed by atoms with Crippen LogP contribution in [-0.2, 0) is 9.53 Å². The monoisotopic (exact) mass is 202 g/mol. The Kier molecular flexibility index (Phi) is 6.49.